The van der Waals surface area contributed by atoms with E-state index in [4.69, 9.17) is 4.74 Å². The first-order valence-corrected chi connectivity index (χ1v) is 10.6. The lowest BCUT2D eigenvalue weighted by Crippen LogP contribution is -2.48. The van der Waals surface area contributed by atoms with Crippen LogP contribution in [-0.2, 0) is 4.74 Å². The lowest BCUT2D eigenvalue weighted by molar-refractivity contribution is 0.0205. The van der Waals surface area contributed by atoms with Gasteiger partial charge in [-0.1, -0.05) is 12.1 Å². The molecule has 1 fully saturated rings. The van der Waals surface area contributed by atoms with E-state index in [2.05, 4.69) is 23.2 Å². The molecule has 1 amide bonds. The SMILES string of the molecule is CCN(c1ccccc1Nc1ccc(F)cc1)C1CCN(C(=O)OC(C)(C)C)CC1. The highest BCUT2D eigenvalue weighted by atomic mass is 19.1. The second kappa shape index (κ2) is 9.37. The number of rotatable bonds is 5. The molecule has 1 saturated heterocycles. The van der Waals surface area contributed by atoms with Crippen molar-refractivity contribution in [2.24, 2.45) is 0 Å². The average molecular weight is 414 g/mol. The number of piperidine rings is 1. The number of anilines is 3. The molecule has 0 saturated carbocycles. The number of carbonyl (C=O) groups excluding carboxylic acids is 1. The van der Waals surface area contributed by atoms with Gasteiger partial charge in [-0.2, -0.15) is 0 Å². The lowest BCUT2D eigenvalue weighted by Gasteiger charge is -2.40. The zero-order chi connectivity index (χ0) is 21.7. The molecule has 1 heterocycles. The first-order chi connectivity index (χ1) is 14.3. The zero-order valence-corrected chi connectivity index (χ0v) is 18.3. The van der Waals surface area contributed by atoms with Crippen LogP contribution in [0.25, 0.3) is 0 Å². The molecule has 1 aliphatic rings. The van der Waals surface area contributed by atoms with E-state index in [-0.39, 0.29) is 11.9 Å². The Kier molecular flexibility index (Phi) is 6.85. The number of nitrogens with zero attached hydrogens (tertiary/aromatic N) is 2. The predicted molar refractivity (Wildman–Crippen MR) is 120 cm³/mol. The summed E-state index contributed by atoms with van der Waals surface area (Å²) < 4.78 is 18.8. The Labute approximate surface area is 178 Å². The summed E-state index contributed by atoms with van der Waals surface area (Å²) in [5.41, 5.74) is 2.47. The zero-order valence-electron chi connectivity index (χ0n) is 18.3. The van der Waals surface area contributed by atoms with E-state index < -0.39 is 5.60 Å². The minimum atomic E-state index is -0.478. The second-order valence-electron chi connectivity index (χ2n) is 8.63. The monoisotopic (exact) mass is 413 g/mol. The van der Waals surface area contributed by atoms with E-state index in [1.54, 1.807) is 17.0 Å². The standard InChI is InChI=1S/C24H32FN3O2/c1-5-28(20-14-16-27(17-15-20)23(29)30-24(2,3)4)22-9-7-6-8-21(22)26-19-12-10-18(25)11-13-19/h6-13,20,26H,5,14-17H2,1-4H3. The van der Waals surface area contributed by atoms with E-state index in [1.165, 1.54) is 12.1 Å². The maximum absolute atomic E-state index is 13.2. The molecule has 30 heavy (non-hydrogen) atoms. The summed E-state index contributed by atoms with van der Waals surface area (Å²) in [6.07, 6.45) is 1.54. The quantitative estimate of drug-likeness (QED) is 0.673. The summed E-state index contributed by atoms with van der Waals surface area (Å²) in [7, 11) is 0. The van der Waals surface area contributed by atoms with Crippen molar-refractivity contribution in [3.8, 4) is 0 Å². The average Bonchev–Trinajstić information content (AvgIpc) is 2.71. The number of likely N-dealkylation sites (tertiary alicyclic amines) is 1. The van der Waals surface area contributed by atoms with Crippen LogP contribution < -0.4 is 10.2 Å². The van der Waals surface area contributed by atoms with E-state index >= 15 is 0 Å². The van der Waals surface area contributed by atoms with Crippen LogP contribution in [0.4, 0.5) is 26.2 Å². The smallest absolute Gasteiger partial charge is 0.410 e. The van der Waals surface area contributed by atoms with Crippen LogP contribution in [0.2, 0.25) is 0 Å². The first-order valence-electron chi connectivity index (χ1n) is 10.6. The van der Waals surface area contributed by atoms with Crippen LogP contribution in [0.5, 0.6) is 0 Å². The van der Waals surface area contributed by atoms with E-state index in [1.807, 2.05) is 39.0 Å². The Hall–Kier alpha value is -2.76. The minimum Gasteiger partial charge on any atom is -0.444 e. The van der Waals surface area contributed by atoms with Crippen molar-refractivity contribution in [3.05, 3.63) is 54.3 Å². The van der Waals surface area contributed by atoms with Gasteiger partial charge in [-0.25, -0.2) is 9.18 Å². The highest BCUT2D eigenvalue weighted by molar-refractivity contribution is 5.75. The van der Waals surface area contributed by atoms with Crippen LogP contribution in [0.3, 0.4) is 0 Å². The second-order valence-corrected chi connectivity index (χ2v) is 8.63. The molecule has 162 valence electrons. The molecule has 5 nitrogen and oxygen atoms in total. The largest absolute Gasteiger partial charge is 0.444 e. The Morgan fingerprint density at radius 2 is 1.77 bits per heavy atom. The van der Waals surface area contributed by atoms with Gasteiger partial charge in [0.25, 0.3) is 0 Å². The van der Waals surface area contributed by atoms with Crippen LogP contribution in [0.15, 0.2) is 48.5 Å². The van der Waals surface area contributed by atoms with Gasteiger partial charge in [-0.3, -0.25) is 0 Å². The summed E-state index contributed by atoms with van der Waals surface area (Å²) in [5, 5.41) is 3.41. The van der Waals surface area contributed by atoms with Gasteiger partial charge in [-0.05, 0) is 76.9 Å². The summed E-state index contributed by atoms with van der Waals surface area (Å²) >= 11 is 0. The number of ether oxygens (including phenoxy) is 1. The summed E-state index contributed by atoms with van der Waals surface area (Å²) in [4.78, 5) is 16.6. The third-order valence-electron chi connectivity index (χ3n) is 5.23. The number of amides is 1. The molecule has 1 aliphatic heterocycles. The van der Waals surface area contributed by atoms with E-state index in [0.717, 1.165) is 36.4 Å². The lowest BCUT2D eigenvalue weighted by atomic mass is 10.0. The molecule has 0 spiro atoms. The van der Waals surface area contributed by atoms with Crippen LogP contribution >= 0.6 is 0 Å². The fourth-order valence-corrected chi connectivity index (χ4v) is 3.83. The van der Waals surface area contributed by atoms with Crippen molar-refractivity contribution in [2.45, 2.75) is 52.2 Å². The van der Waals surface area contributed by atoms with Crippen molar-refractivity contribution in [1.29, 1.82) is 0 Å². The Morgan fingerprint density at radius 3 is 2.37 bits per heavy atom. The fourth-order valence-electron chi connectivity index (χ4n) is 3.83. The molecule has 0 bridgehead atoms. The molecule has 1 N–H and O–H groups in total. The van der Waals surface area contributed by atoms with E-state index in [9.17, 15) is 9.18 Å². The number of hydrogen-bond acceptors (Lipinski definition) is 4. The molecular weight excluding hydrogens is 381 g/mol. The van der Waals surface area contributed by atoms with Crippen molar-refractivity contribution in [1.82, 2.24) is 4.90 Å². The van der Waals surface area contributed by atoms with Gasteiger partial charge in [-0.15, -0.1) is 0 Å². The van der Waals surface area contributed by atoms with Gasteiger partial charge in [0.2, 0.25) is 0 Å². The number of benzene rings is 2. The number of hydrogen-bond donors (Lipinski definition) is 1. The van der Waals surface area contributed by atoms with Crippen LogP contribution in [0.1, 0.15) is 40.5 Å². The van der Waals surface area contributed by atoms with Gasteiger partial charge in [0, 0.05) is 31.4 Å². The molecule has 3 rings (SSSR count). The topological polar surface area (TPSA) is 44.8 Å². The first kappa shape index (κ1) is 21.9. The maximum Gasteiger partial charge on any atom is 0.410 e. The van der Waals surface area contributed by atoms with Crippen molar-refractivity contribution >= 4 is 23.2 Å². The number of nitrogens with one attached hydrogen (secondary N) is 1. The summed E-state index contributed by atoms with van der Waals surface area (Å²) in [6, 6.07) is 14.9. The fraction of sp³-hybridized carbons (Fsp3) is 0.458. The molecule has 0 aromatic heterocycles. The van der Waals surface area contributed by atoms with Crippen LogP contribution in [0, 0.1) is 5.82 Å². The number of carbonyl (C=O) groups is 1. The normalized spacial score (nSPS) is 15.0. The summed E-state index contributed by atoms with van der Waals surface area (Å²) in [5.74, 6) is -0.249. The minimum absolute atomic E-state index is 0.234. The Morgan fingerprint density at radius 1 is 1.13 bits per heavy atom. The molecule has 2 aromatic rings. The summed E-state index contributed by atoms with van der Waals surface area (Å²) in [6.45, 7) is 10.0. The van der Waals surface area contributed by atoms with Crippen molar-refractivity contribution in [2.75, 3.05) is 29.9 Å². The van der Waals surface area contributed by atoms with Gasteiger partial charge < -0.3 is 19.9 Å². The van der Waals surface area contributed by atoms with Gasteiger partial charge in [0.05, 0.1) is 11.4 Å². The Bertz CT molecular complexity index is 840. The van der Waals surface area contributed by atoms with Crippen LogP contribution in [-0.4, -0.2) is 42.3 Å². The number of halogens is 1. The third-order valence-corrected chi connectivity index (χ3v) is 5.23. The molecular formula is C24H32FN3O2. The highest BCUT2D eigenvalue weighted by Gasteiger charge is 2.29. The molecule has 0 radical (unpaired) electrons. The Balaban J connectivity index is 1.70. The highest BCUT2D eigenvalue weighted by Crippen LogP contribution is 2.32. The van der Waals surface area contributed by atoms with Gasteiger partial charge in [0.1, 0.15) is 11.4 Å². The predicted octanol–water partition coefficient (Wildman–Crippen LogP) is 5.80. The van der Waals surface area contributed by atoms with Gasteiger partial charge in [0.15, 0.2) is 0 Å². The van der Waals surface area contributed by atoms with Crippen molar-refractivity contribution < 1.29 is 13.9 Å². The van der Waals surface area contributed by atoms with E-state index in [0.29, 0.717) is 19.1 Å². The third kappa shape index (κ3) is 5.65. The molecule has 0 unspecified atom stereocenters. The molecule has 2 aromatic carbocycles. The van der Waals surface area contributed by atoms with Gasteiger partial charge >= 0.3 is 6.09 Å². The van der Waals surface area contributed by atoms with Crippen molar-refractivity contribution in [3.63, 3.8) is 0 Å². The number of para-hydroxylation sites is 2. The maximum atomic E-state index is 13.2. The molecule has 0 atom stereocenters. The molecule has 6 heteroatoms. The molecule has 0 aliphatic carbocycles.